The quantitative estimate of drug-likeness (QED) is 0.361. The second-order valence-corrected chi connectivity index (χ2v) is 2.42. The van der Waals surface area contributed by atoms with Gasteiger partial charge in [-0.05, 0) is 25.5 Å². The van der Waals surface area contributed by atoms with Crippen molar-refractivity contribution in [2.75, 3.05) is 13.6 Å². The van der Waals surface area contributed by atoms with Crippen LogP contribution in [-0.4, -0.2) is 25.7 Å². The number of nitrogens with one attached hydrogen (secondary N) is 1. The highest BCUT2D eigenvalue weighted by Gasteiger charge is 1.89. The lowest BCUT2D eigenvalue weighted by molar-refractivity contribution is -0.118. The zero-order valence-electron chi connectivity index (χ0n) is 7.26. The van der Waals surface area contributed by atoms with Crippen molar-refractivity contribution in [1.29, 1.82) is 0 Å². The number of rotatable bonds is 5. The van der Waals surface area contributed by atoms with Gasteiger partial charge >= 0.3 is 0 Å². The summed E-state index contributed by atoms with van der Waals surface area (Å²) in [6, 6.07) is 0. The minimum Gasteiger partial charge on any atom is -0.356 e. The van der Waals surface area contributed by atoms with Gasteiger partial charge in [-0.1, -0.05) is 0 Å². The van der Waals surface area contributed by atoms with Crippen molar-refractivity contribution in [3.63, 3.8) is 0 Å². The zero-order valence-corrected chi connectivity index (χ0v) is 7.26. The van der Waals surface area contributed by atoms with E-state index in [1.807, 2.05) is 6.21 Å². The number of carbonyl (C=O) groups excluding carboxylic acids is 1. The first-order valence-corrected chi connectivity index (χ1v) is 3.92. The van der Waals surface area contributed by atoms with Crippen molar-refractivity contribution in [2.24, 2.45) is 4.99 Å². The van der Waals surface area contributed by atoms with Crippen molar-refractivity contribution < 1.29 is 4.79 Å². The van der Waals surface area contributed by atoms with Gasteiger partial charge in [0.15, 0.2) is 0 Å². The van der Waals surface area contributed by atoms with E-state index in [2.05, 4.69) is 10.3 Å². The number of carbonyl (C=O) groups is 1. The summed E-state index contributed by atoms with van der Waals surface area (Å²) in [5, 5.41) is 2.74. The van der Waals surface area contributed by atoms with Crippen LogP contribution in [0.3, 0.4) is 0 Å². The molecule has 0 aliphatic carbocycles. The molecule has 0 radical (unpaired) electrons. The molecule has 0 aliphatic heterocycles. The molecule has 3 nitrogen and oxygen atoms in total. The van der Waals surface area contributed by atoms with Gasteiger partial charge in [0.25, 0.3) is 0 Å². The number of unbranched alkanes of at least 4 members (excludes halogenated alkanes) is 2. The standard InChI is InChI=1S/C8H16N2O/c1-8(11)10-7-5-3-4-6-9-2/h6H,3-5,7H2,1-2H3,(H,10,11)/i2+1. The molecular weight excluding hydrogens is 141 g/mol. The first-order valence-electron chi connectivity index (χ1n) is 3.92. The molecule has 0 unspecified atom stereocenters. The van der Waals surface area contributed by atoms with Gasteiger partial charge in [0, 0.05) is 20.5 Å². The molecular formula is C8H16N2O. The van der Waals surface area contributed by atoms with Crippen LogP contribution in [0.1, 0.15) is 26.2 Å². The molecule has 0 heterocycles. The van der Waals surface area contributed by atoms with Gasteiger partial charge in [0.2, 0.25) is 5.91 Å². The summed E-state index contributed by atoms with van der Waals surface area (Å²) < 4.78 is 0. The molecule has 0 aliphatic rings. The Bertz CT molecular complexity index is 132. The fourth-order valence-corrected chi connectivity index (χ4v) is 0.754. The van der Waals surface area contributed by atoms with Gasteiger partial charge in [-0.2, -0.15) is 0 Å². The van der Waals surface area contributed by atoms with Crippen molar-refractivity contribution in [2.45, 2.75) is 26.2 Å². The van der Waals surface area contributed by atoms with Crippen LogP contribution in [0.2, 0.25) is 0 Å². The molecule has 0 saturated carbocycles. The SMILES string of the molecule is CC(=O)NCCCCC=N[13CH3]. The summed E-state index contributed by atoms with van der Waals surface area (Å²) in [4.78, 5) is 14.3. The van der Waals surface area contributed by atoms with Crippen LogP contribution in [0.4, 0.5) is 0 Å². The van der Waals surface area contributed by atoms with Gasteiger partial charge in [-0.3, -0.25) is 4.79 Å². The number of hydrogen-bond donors (Lipinski definition) is 1. The first kappa shape index (κ1) is 10.1. The molecule has 11 heavy (non-hydrogen) atoms. The smallest absolute Gasteiger partial charge is 0.216 e. The fraction of sp³-hybridized carbons (Fsp3) is 0.750. The lowest BCUT2D eigenvalue weighted by Gasteiger charge is -1.98. The Hall–Kier alpha value is -0.860. The Morgan fingerprint density at radius 2 is 2.27 bits per heavy atom. The van der Waals surface area contributed by atoms with E-state index in [0.29, 0.717) is 0 Å². The van der Waals surface area contributed by atoms with E-state index < -0.39 is 0 Å². The topological polar surface area (TPSA) is 41.5 Å². The Balaban J connectivity index is 2.96. The van der Waals surface area contributed by atoms with Crippen LogP contribution in [0.15, 0.2) is 4.99 Å². The number of hydrogen-bond acceptors (Lipinski definition) is 2. The third kappa shape index (κ3) is 9.14. The third-order valence-corrected chi connectivity index (χ3v) is 1.32. The largest absolute Gasteiger partial charge is 0.356 e. The molecule has 3 heteroatoms. The van der Waals surface area contributed by atoms with Gasteiger partial charge in [0.05, 0.1) is 0 Å². The normalized spacial score (nSPS) is 10.4. The highest BCUT2D eigenvalue weighted by atomic mass is 16.1. The minimum atomic E-state index is 0.0501. The Labute approximate surface area is 67.9 Å². The van der Waals surface area contributed by atoms with Crippen molar-refractivity contribution in [3.05, 3.63) is 0 Å². The maximum absolute atomic E-state index is 10.4. The molecule has 0 bridgehead atoms. The Morgan fingerprint density at radius 1 is 1.55 bits per heavy atom. The zero-order chi connectivity index (χ0) is 8.53. The average molecular weight is 157 g/mol. The van der Waals surface area contributed by atoms with Crippen LogP contribution in [0.25, 0.3) is 0 Å². The molecule has 0 saturated heterocycles. The predicted octanol–water partition coefficient (Wildman–Crippen LogP) is 0.993. The van der Waals surface area contributed by atoms with E-state index in [9.17, 15) is 4.79 Å². The summed E-state index contributed by atoms with van der Waals surface area (Å²) in [6.45, 7) is 2.32. The van der Waals surface area contributed by atoms with E-state index >= 15 is 0 Å². The maximum atomic E-state index is 10.4. The second kappa shape index (κ2) is 7.25. The molecule has 0 aromatic heterocycles. The van der Waals surface area contributed by atoms with Crippen molar-refractivity contribution in [3.8, 4) is 0 Å². The van der Waals surface area contributed by atoms with Crippen molar-refractivity contribution >= 4 is 12.1 Å². The van der Waals surface area contributed by atoms with Crippen LogP contribution in [0, 0.1) is 0 Å². The highest BCUT2D eigenvalue weighted by molar-refractivity contribution is 5.72. The fourth-order valence-electron chi connectivity index (χ4n) is 0.754. The molecule has 0 spiro atoms. The first-order chi connectivity index (χ1) is 5.27. The third-order valence-electron chi connectivity index (χ3n) is 1.32. The van der Waals surface area contributed by atoms with Gasteiger partial charge in [-0.15, -0.1) is 0 Å². The summed E-state index contributed by atoms with van der Waals surface area (Å²) in [7, 11) is 1.77. The Kier molecular flexibility index (Phi) is 6.68. The lowest BCUT2D eigenvalue weighted by Crippen LogP contribution is -2.20. The van der Waals surface area contributed by atoms with E-state index in [1.165, 1.54) is 6.92 Å². The molecule has 1 amide bonds. The predicted molar refractivity (Wildman–Crippen MR) is 47.0 cm³/mol. The average Bonchev–Trinajstić information content (AvgIpc) is 1.96. The summed E-state index contributed by atoms with van der Waals surface area (Å²) >= 11 is 0. The number of aliphatic imine (C=N–C) groups is 1. The van der Waals surface area contributed by atoms with Crippen LogP contribution in [-0.2, 0) is 4.79 Å². The number of amides is 1. The maximum Gasteiger partial charge on any atom is 0.216 e. The van der Waals surface area contributed by atoms with E-state index in [0.717, 1.165) is 25.8 Å². The summed E-state index contributed by atoms with van der Waals surface area (Å²) in [6.07, 6.45) is 5.03. The van der Waals surface area contributed by atoms with Gasteiger partial charge in [-0.25, -0.2) is 0 Å². The van der Waals surface area contributed by atoms with Crippen LogP contribution < -0.4 is 5.32 Å². The molecule has 1 N–H and O–H groups in total. The molecule has 0 rings (SSSR count). The van der Waals surface area contributed by atoms with E-state index in [4.69, 9.17) is 0 Å². The summed E-state index contributed by atoms with van der Waals surface area (Å²) in [5.41, 5.74) is 0. The Morgan fingerprint density at radius 3 is 2.82 bits per heavy atom. The molecule has 64 valence electrons. The molecule has 0 aromatic rings. The molecule has 0 fully saturated rings. The van der Waals surface area contributed by atoms with Crippen LogP contribution >= 0.6 is 0 Å². The van der Waals surface area contributed by atoms with Crippen molar-refractivity contribution in [1.82, 2.24) is 5.32 Å². The van der Waals surface area contributed by atoms with E-state index in [1.54, 1.807) is 7.05 Å². The highest BCUT2D eigenvalue weighted by Crippen LogP contribution is 1.90. The molecule has 0 atom stereocenters. The van der Waals surface area contributed by atoms with Crippen LogP contribution in [0.5, 0.6) is 0 Å². The second-order valence-electron chi connectivity index (χ2n) is 2.42. The monoisotopic (exact) mass is 157 g/mol. The lowest BCUT2D eigenvalue weighted by atomic mass is 10.2. The number of nitrogens with zero attached hydrogens (tertiary/aromatic N) is 1. The van der Waals surface area contributed by atoms with Gasteiger partial charge in [0.1, 0.15) is 0 Å². The summed E-state index contributed by atoms with van der Waals surface area (Å²) in [5.74, 6) is 0.0501. The molecule has 0 aromatic carbocycles. The van der Waals surface area contributed by atoms with E-state index in [-0.39, 0.29) is 5.91 Å². The minimum absolute atomic E-state index is 0.0501. The van der Waals surface area contributed by atoms with Gasteiger partial charge < -0.3 is 10.3 Å².